The predicted molar refractivity (Wildman–Crippen MR) is 102 cm³/mol. The second-order valence-corrected chi connectivity index (χ2v) is 6.17. The number of nitrogens with zero attached hydrogens (tertiary/aromatic N) is 2. The Morgan fingerprint density at radius 2 is 1.81 bits per heavy atom. The summed E-state index contributed by atoms with van der Waals surface area (Å²) in [4.78, 5) is 29.7. The number of carbonyl (C=O) groups is 2. The molecule has 0 radical (unpaired) electrons. The van der Waals surface area contributed by atoms with E-state index in [1.54, 1.807) is 55.4 Å². The molecule has 3 rings (SSSR count). The highest BCUT2D eigenvalue weighted by atomic mass is 16.5. The number of Topliss-reactive ketones (excluding diaryl/α,β-unsaturated/α-hetero) is 1. The Morgan fingerprint density at radius 1 is 1.11 bits per heavy atom. The Balaban J connectivity index is 1.84. The highest BCUT2D eigenvalue weighted by molar-refractivity contribution is 6.02. The summed E-state index contributed by atoms with van der Waals surface area (Å²) < 4.78 is 6.82. The standard InChI is InChI=1S/C21H21N3O3/c1-24-13-12-22-20(24)19(25)18(14-15-8-10-17(27-2)11-9-15)23-21(26)16-6-4-3-5-7-16/h3-13,18H,14H2,1-2H3,(H,23,26). The maximum absolute atomic E-state index is 13.0. The molecule has 1 N–H and O–H groups in total. The number of hydrogen-bond acceptors (Lipinski definition) is 4. The van der Waals surface area contributed by atoms with E-state index in [-0.39, 0.29) is 11.7 Å². The molecule has 27 heavy (non-hydrogen) atoms. The van der Waals surface area contributed by atoms with E-state index in [2.05, 4.69) is 10.3 Å². The number of nitrogens with one attached hydrogen (secondary N) is 1. The normalized spacial score (nSPS) is 11.6. The molecule has 0 spiro atoms. The molecule has 0 bridgehead atoms. The van der Waals surface area contributed by atoms with Crippen LogP contribution in [0.5, 0.6) is 5.75 Å². The molecule has 138 valence electrons. The van der Waals surface area contributed by atoms with Crippen LogP contribution in [-0.2, 0) is 13.5 Å². The first-order valence-electron chi connectivity index (χ1n) is 8.59. The third-order valence-corrected chi connectivity index (χ3v) is 4.30. The van der Waals surface area contributed by atoms with Crippen molar-refractivity contribution in [2.45, 2.75) is 12.5 Å². The van der Waals surface area contributed by atoms with Crippen molar-refractivity contribution >= 4 is 11.7 Å². The van der Waals surface area contributed by atoms with E-state index >= 15 is 0 Å². The van der Waals surface area contributed by atoms with Crippen molar-refractivity contribution in [3.63, 3.8) is 0 Å². The van der Waals surface area contributed by atoms with Crippen LogP contribution < -0.4 is 10.1 Å². The predicted octanol–water partition coefficient (Wildman–Crippen LogP) is 2.65. The van der Waals surface area contributed by atoms with Crippen LogP contribution in [0.1, 0.15) is 26.5 Å². The molecule has 1 atom stereocenters. The van der Waals surface area contributed by atoms with Crippen LogP contribution in [0.3, 0.4) is 0 Å². The summed E-state index contributed by atoms with van der Waals surface area (Å²) in [6.07, 6.45) is 3.63. The maximum atomic E-state index is 13.0. The average Bonchev–Trinajstić information content (AvgIpc) is 3.14. The first-order chi connectivity index (χ1) is 13.1. The summed E-state index contributed by atoms with van der Waals surface area (Å²) >= 11 is 0. The molecule has 1 amide bonds. The number of benzene rings is 2. The molecule has 0 aliphatic carbocycles. The Kier molecular flexibility index (Phi) is 5.66. The van der Waals surface area contributed by atoms with Gasteiger partial charge in [0.05, 0.1) is 13.2 Å². The number of ketones is 1. The van der Waals surface area contributed by atoms with Gasteiger partial charge in [-0.25, -0.2) is 4.98 Å². The van der Waals surface area contributed by atoms with Gasteiger partial charge in [0.25, 0.3) is 5.91 Å². The molecule has 1 heterocycles. The number of hydrogen-bond donors (Lipinski definition) is 1. The fraction of sp³-hybridized carbons (Fsp3) is 0.190. The van der Waals surface area contributed by atoms with Crippen molar-refractivity contribution in [1.82, 2.24) is 14.9 Å². The van der Waals surface area contributed by atoms with Gasteiger partial charge in [0.15, 0.2) is 5.82 Å². The molecular formula is C21H21N3O3. The lowest BCUT2D eigenvalue weighted by molar-refractivity contribution is 0.0849. The molecule has 6 nitrogen and oxygen atoms in total. The third kappa shape index (κ3) is 4.41. The van der Waals surface area contributed by atoms with E-state index in [9.17, 15) is 9.59 Å². The first-order valence-corrected chi connectivity index (χ1v) is 8.59. The highest BCUT2D eigenvalue weighted by Gasteiger charge is 2.26. The molecular weight excluding hydrogens is 342 g/mol. The quantitative estimate of drug-likeness (QED) is 0.655. The zero-order valence-electron chi connectivity index (χ0n) is 15.3. The van der Waals surface area contributed by atoms with Gasteiger partial charge in [-0.05, 0) is 29.8 Å². The minimum Gasteiger partial charge on any atom is -0.497 e. The van der Waals surface area contributed by atoms with E-state index in [0.717, 1.165) is 11.3 Å². The lowest BCUT2D eigenvalue weighted by atomic mass is 10.0. The van der Waals surface area contributed by atoms with Crippen LogP contribution in [0.25, 0.3) is 0 Å². The fourth-order valence-corrected chi connectivity index (χ4v) is 2.80. The van der Waals surface area contributed by atoms with E-state index < -0.39 is 6.04 Å². The van der Waals surface area contributed by atoms with Gasteiger partial charge in [0.2, 0.25) is 5.78 Å². The number of aryl methyl sites for hydroxylation is 1. The summed E-state index contributed by atoms with van der Waals surface area (Å²) in [5.41, 5.74) is 1.42. The fourth-order valence-electron chi connectivity index (χ4n) is 2.80. The van der Waals surface area contributed by atoms with Crippen LogP contribution in [0.4, 0.5) is 0 Å². The summed E-state index contributed by atoms with van der Waals surface area (Å²) in [5, 5.41) is 2.85. The summed E-state index contributed by atoms with van der Waals surface area (Å²) in [5.74, 6) is 0.514. The molecule has 3 aromatic rings. The van der Waals surface area contributed by atoms with Gasteiger partial charge in [-0.3, -0.25) is 9.59 Å². The van der Waals surface area contributed by atoms with E-state index in [1.807, 2.05) is 30.3 Å². The molecule has 0 aliphatic heterocycles. The Morgan fingerprint density at radius 3 is 2.41 bits per heavy atom. The molecule has 0 aliphatic rings. The second-order valence-electron chi connectivity index (χ2n) is 6.17. The van der Waals surface area contributed by atoms with E-state index in [4.69, 9.17) is 4.74 Å². The number of amides is 1. The number of aromatic nitrogens is 2. The Bertz CT molecular complexity index is 917. The largest absolute Gasteiger partial charge is 0.497 e. The van der Waals surface area contributed by atoms with Crippen molar-refractivity contribution in [3.8, 4) is 5.75 Å². The lowest BCUT2D eigenvalue weighted by Crippen LogP contribution is -2.43. The van der Waals surface area contributed by atoms with Gasteiger partial charge in [-0.2, -0.15) is 0 Å². The number of imidazole rings is 1. The maximum Gasteiger partial charge on any atom is 0.251 e. The molecule has 1 aromatic heterocycles. The molecule has 1 unspecified atom stereocenters. The first kappa shape index (κ1) is 18.4. The van der Waals surface area contributed by atoms with Gasteiger partial charge < -0.3 is 14.6 Å². The van der Waals surface area contributed by atoms with Gasteiger partial charge >= 0.3 is 0 Å². The van der Waals surface area contributed by atoms with Gasteiger partial charge in [0, 0.05) is 31.4 Å². The molecule has 0 saturated heterocycles. The number of methoxy groups -OCH3 is 1. The SMILES string of the molecule is COc1ccc(CC(NC(=O)c2ccccc2)C(=O)c2nccn2C)cc1. The molecule has 0 saturated carbocycles. The Labute approximate surface area is 157 Å². The number of rotatable bonds is 7. The van der Waals surface area contributed by atoms with Crippen LogP contribution in [0.15, 0.2) is 67.0 Å². The monoisotopic (exact) mass is 363 g/mol. The van der Waals surface area contributed by atoms with Crippen LogP contribution >= 0.6 is 0 Å². The van der Waals surface area contributed by atoms with Crippen molar-refractivity contribution < 1.29 is 14.3 Å². The van der Waals surface area contributed by atoms with Crippen molar-refractivity contribution in [2.24, 2.45) is 7.05 Å². The molecule has 2 aromatic carbocycles. The summed E-state index contributed by atoms with van der Waals surface area (Å²) in [6.45, 7) is 0. The lowest BCUT2D eigenvalue weighted by Gasteiger charge is -2.18. The molecule has 6 heteroatoms. The van der Waals surface area contributed by atoms with Gasteiger partial charge in [-0.15, -0.1) is 0 Å². The highest BCUT2D eigenvalue weighted by Crippen LogP contribution is 2.14. The number of ether oxygens (including phenoxy) is 1. The molecule has 0 fully saturated rings. The minimum absolute atomic E-state index is 0.234. The van der Waals surface area contributed by atoms with Crippen LogP contribution in [0.2, 0.25) is 0 Å². The Hall–Kier alpha value is -3.41. The minimum atomic E-state index is -0.729. The van der Waals surface area contributed by atoms with Crippen LogP contribution in [-0.4, -0.2) is 34.4 Å². The second kappa shape index (κ2) is 8.31. The third-order valence-electron chi connectivity index (χ3n) is 4.30. The summed E-state index contributed by atoms with van der Waals surface area (Å²) in [6, 6.07) is 15.5. The zero-order valence-corrected chi connectivity index (χ0v) is 15.3. The van der Waals surface area contributed by atoms with E-state index in [1.165, 1.54) is 0 Å². The van der Waals surface area contributed by atoms with Gasteiger partial charge in [0.1, 0.15) is 5.75 Å². The van der Waals surface area contributed by atoms with E-state index in [0.29, 0.717) is 17.8 Å². The van der Waals surface area contributed by atoms with Gasteiger partial charge in [-0.1, -0.05) is 30.3 Å². The van der Waals surface area contributed by atoms with Crippen LogP contribution in [0, 0.1) is 0 Å². The zero-order chi connectivity index (χ0) is 19.2. The number of carbonyl (C=O) groups excluding carboxylic acids is 2. The smallest absolute Gasteiger partial charge is 0.251 e. The average molecular weight is 363 g/mol. The van der Waals surface area contributed by atoms with Crippen molar-refractivity contribution in [1.29, 1.82) is 0 Å². The summed E-state index contributed by atoms with van der Waals surface area (Å²) in [7, 11) is 3.35. The van der Waals surface area contributed by atoms with Crippen molar-refractivity contribution in [3.05, 3.63) is 83.9 Å². The topological polar surface area (TPSA) is 73.2 Å². The van der Waals surface area contributed by atoms with Crippen molar-refractivity contribution in [2.75, 3.05) is 7.11 Å².